The maximum Gasteiger partial charge on any atom is 0.186 e. The Morgan fingerprint density at radius 1 is 0.870 bits per heavy atom. The van der Waals surface area contributed by atoms with Crippen LogP contribution in [0.1, 0.15) is 106 Å². The van der Waals surface area contributed by atoms with Crippen LogP contribution in [0.4, 0.5) is 0 Å². The maximum absolute atomic E-state index is 14.0. The molecule has 18 atom stereocenters. The number of carbonyl (C=O) groups is 1. The van der Waals surface area contributed by atoms with Crippen molar-refractivity contribution in [3.63, 3.8) is 0 Å². The monoisotopic (exact) mass is 768 g/mol. The molecule has 0 unspecified atom stereocenters. The lowest BCUT2D eigenvalue weighted by atomic mass is 9.35. The third kappa shape index (κ3) is 6.77. The van der Waals surface area contributed by atoms with E-state index >= 15 is 0 Å². The topological polar surface area (TPSA) is 216 Å². The quantitative estimate of drug-likeness (QED) is 0.118. The summed E-state index contributed by atoms with van der Waals surface area (Å²) in [4.78, 5) is 14.0. The van der Waals surface area contributed by atoms with Gasteiger partial charge in [0.1, 0.15) is 48.5 Å². The van der Waals surface area contributed by atoms with Crippen LogP contribution >= 0.6 is 0 Å². The highest BCUT2D eigenvalue weighted by Crippen LogP contribution is 2.75. The molecular formula is C41H68O13. The number of allylic oxidation sites excluding steroid dienone is 2. The summed E-state index contributed by atoms with van der Waals surface area (Å²) in [5, 5.41) is 86.3. The fourth-order valence-electron chi connectivity index (χ4n) is 12.9. The van der Waals surface area contributed by atoms with Gasteiger partial charge >= 0.3 is 0 Å². The molecule has 2 saturated heterocycles. The first-order valence-corrected chi connectivity index (χ1v) is 20.3. The van der Waals surface area contributed by atoms with Gasteiger partial charge in [0, 0.05) is 24.4 Å². The SMILES string of the molecule is CC(C)=CCC[C@@](C)(O)[C@@H]1C(=O)C[C@@]2(C)[C@H]1CC[C@H]1[C@]3(CO)CC[C@@H](O[C@H]4O[C@@H](CO)[C@H](O[C@@H]5OC[C@H](O)[C@H](O)[C@@H]5O)[C@@H](O)[C@@H]4O)C(C)(C)[C@@H]3CC[C@]12C. The number of hydrogen-bond donors (Lipinski definition) is 8. The molecule has 0 aromatic carbocycles. The van der Waals surface area contributed by atoms with Gasteiger partial charge in [0.25, 0.3) is 0 Å². The molecule has 0 spiro atoms. The Hall–Kier alpha value is -1.07. The van der Waals surface area contributed by atoms with E-state index in [4.69, 9.17) is 18.9 Å². The lowest BCUT2D eigenvalue weighted by Crippen LogP contribution is -2.67. The Bertz CT molecular complexity index is 1380. The van der Waals surface area contributed by atoms with E-state index in [1.54, 1.807) is 0 Å². The van der Waals surface area contributed by atoms with Crippen LogP contribution in [0.3, 0.4) is 0 Å². The van der Waals surface area contributed by atoms with E-state index in [9.17, 15) is 45.6 Å². The standard InChI is InChI=1S/C41H68O13/c1-21(2)9-8-14-40(7,50)29-22-10-11-27-38(5,39(22,6)17-23(29)44)15-12-26-37(3,4)28(13-16-41(26,27)20-43)53-36-33(49)31(47)34(25(18-42)52-36)54-35-32(48)30(46)24(45)19-51-35/h9,22,24-36,42-43,45-50H,8,10-20H2,1-7H3/t22-,24-,25-,26-,27+,28+,29-,30-,31-,32-,33-,34-,35-,36+,38+,39-,40+,41-/m0/s1. The predicted octanol–water partition coefficient (Wildman–Crippen LogP) is 1.97. The van der Waals surface area contributed by atoms with Gasteiger partial charge in [0.2, 0.25) is 0 Å². The van der Waals surface area contributed by atoms with E-state index in [0.29, 0.717) is 25.7 Å². The van der Waals surface area contributed by atoms with E-state index in [1.807, 2.05) is 20.8 Å². The van der Waals surface area contributed by atoms with Gasteiger partial charge in [0.05, 0.1) is 24.9 Å². The maximum atomic E-state index is 14.0. The van der Waals surface area contributed by atoms with E-state index in [-0.39, 0.29) is 47.6 Å². The van der Waals surface area contributed by atoms with Gasteiger partial charge in [-0.1, -0.05) is 39.3 Å². The van der Waals surface area contributed by atoms with Crippen molar-refractivity contribution >= 4 is 5.78 Å². The molecule has 310 valence electrons. The fourth-order valence-corrected chi connectivity index (χ4v) is 12.9. The highest BCUT2D eigenvalue weighted by molar-refractivity contribution is 5.86. The summed E-state index contributed by atoms with van der Waals surface area (Å²) in [5.74, 6) is -0.0243. The summed E-state index contributed by atoms with van der Waals surface area (Å²) in [6.07, 6.45) is -5.08. The number of hydrogen-bond acceptors (Lipinski definition) is 13. The first-order valence-electron chi connectivity index (χ1n) is 20.3. The van der Waals surface area contributed by atoms with Gasteiger partial charge in [-0.15, -0.1) is 0 Å². The van der Waals surface area contributed by atoms with Crippen LogP contribution in [0.15, 0.2) is 11.6 Å². The first-order chi connectivity index (χ1) is 25.2. The molecule has 54 heavy (non-hydrogen) atoms. The van der Waals surface area contributed by atoms with Crippen LogP contribution in [-0.2, 0) is 23.7 Å². The van der Waals surface area contributed by atoms with Crippen molar-refractivity contribution in [2.24, 2.45) is 45.3 Å². The van der Waals surface area contributed by atoms with Crippen molar-refractivity contribution in [3.05, 3.63) is 11.6 Å². The van der Waals surface area contributed by atoms with Crippen molar-refractivity contribution in [3.8, 4) is 0 Å². The van der Waals surface area contributed by atoms with Crippen molar-refractivity contribution < 1.29 is 64.6 Å². The van der Waals surface area contributed by atoms with Crippen LogP contribution in [0.2, 0.25) is 0 Å². The van der Waals surface area contributed by atoms with Gasteiger partial charge in [0.15, 0.2) is 12.6 Å². The number of carbonyl (C=O) groups excluding carboxylic acids is 1. The normalized spacial score (nSPS) is 50.0. The smallest absolute Gasteiger partial charge is 0.186 e. The lowest BCUT2D eigenvalue weighted by molar-refractivity contribution is -0.361. The number of fused-ring (bicyclic) bond motifs is 5. The number of ketones is 1. The molecule has 4 saturated carbocycles. The van der Waals surface area contributed by atoms with Crippen LogP contribution in [0, 0.1) is 45.3 Å². The van der Waals surface area contributed by atoms with Crippen LogP contribution in [0.5, 0.6) is 0 Å². The molecule has 0 bridgehead atoms. The summed E-state index contributed by atoms with van der Waals surface area (Å²) >= 11 is 0. The zero-order valence-electron chi connectivity index (χ0n) is 33.3. The molecule has 0 aromatic rings. The van der Waals surface area contributed by atoms with E-state index in [1.165, 1.54) is 5.57 Å². The molecular weight excluding hydrogens is 700 g/mol. The molecule has 6 rings (SSSR count). The minimum absolute atomic E-state index is 0.000298. The predicted molar refractivity (Wildman–Crippen MR) is 195 cm³/mol. The third-order valence-electron chi connectivity index (χ3n) is 15.9. The second-order valence-corrected chi connectivity index (χ2v) is 19.4. The highest BCUT2D eigenvalue weighted by atomic mass is 16.7. The molecule has 6 fully saturated rings. The summed E-state index contributed by atoms with van der Waals surface area (Å²) in [5.41, 5.74) is -1.41. The number of Topliss-reactive ketones (excluding diaryl/α,β-unsaturated/α-hetero) is 1. The number of rotatable bonds is 10. The van der Waals surface area contributed by atoms with E-state index in [0.717, 1.165) is 32.1 Å². The molecule has 4 aliphatic carbocycles. The van der Waals surface area contributed by atoms with Crippen LogP contribution in [-0.4, -0.2) is 133 Å². The molecule has 2 heterocycles. The first kappa shape index (κ1) is 42.5. The molecule has 2 aliphatic heterocycles. The fraction of sp³-hybridized carbons (Fsp3) is 0.927. The highest BCUT2D eigenvalue weighted by Gasteiger charge is 2.72. The second-order valence-electron chi connectivity index (χ2n) is 19.4. The zero-order valence-corrected chi connectivity index (χ0v) is 33.3. The Labute approximate surface area is 320 Å². The second kappa shape index (κ2) is 15.3. The summed E-state index contributed by atoms with van der Waals surface area (Å²) in [7, 11) is 0. The van der Waals surface area contributed by atoms with Gasteiger partial charge < -0.3 is 59.8 Å². The van der Waals surface area contributed by atoms with Crippen molar-refractivity contribution in [2.75, 3.05) is 19.8 Å². The molecule has 0 aromatic heterocycles. The lowest BCUT2D eigenvalue weighted by Gasteiger charge is -2.70. The summed E-state index contributed by atoms with van der Waals surface area (Å²) < 4.78 is 23.6. The summed E-state index contributed by atoms with van der Waals surface area (Å²) in [6, 6.07) is 0. The van der Waals surface area contributed by atoms with Crippen LogP contribution < -0.4 is 0 Å². The average Bonchev–Trinajstić information content (AvgIpc) is 3.39. The zero-order chi connectivity index (χ0) is 39.8. The van der Waals surface area contributed by atoms with Gasteiger partial charge in [-0.25, -0.2) is 0 Å². The third-order valence-corrected chi connectivity index (χ3v) is 15.9. The van der Waals surface area contributed by atoms with Gasteiger partial charge in [-0.2, -0.15) is 0 Å². The van der Waals surface area contributed by atoms with E-state index in [2.05, 4.69) is 33.8 Å². The van der Waals surface area contributed by atoms with Crippen molar-refractivity contribution in [1.29, 1.82) is 0 Å². The molecule has 6 aliphatic rings. The van der Waals surface area contributed by atoms with Crippen molar-refractivity contribution in [2.45, 2.75) is 173 Å². The van der Waals surface area contributed by atoms with Gasteiger partial charge in [-0.3, -0.25) is 4.79 Å². The van der Waals surface area contributed by atoms with E-state index < -0.39 is 90.4 Å². The number of aliphatic hydroxyl groups excluding tert-OH is 7. The molecule has 13 nitrogen and oxygen atoms in total. The minimum atomic E-state index is -1.64. The number of aliphatic hydroxyl groups is 8. The molecule has 0 radical (unpaired) electrons. The Morgan fingerprint density at radius 2 is 1.56 bits per heavy atom. The Balaban J connectivity index is 1.18. The Morgan fingerprint density at radius 3 is 2.20 bits per heavy atom. The van der Waals surface area contributed by atoms with Gasteiger partial charge in [-0.05, 0) is 106 Å². The van der Waals surface area contributed by atoms with Crippen molar-refractivity contribution in [1.82, 2.24) is 0 Å². The molecule has 8 N–H and O–H groups in total. The van der Waals surface area contributed by atoms with Crippen LogP contribution in [0.25, 0.3) is 0 Å². The summed E-state index contributed by atoms with van der Waals surface area (Å²) in [6.45, 7) is 13.9. The average molecular weight is 769 g/mol. The number of ether oxygens (including phenoxy) is 4. The minimum Gasteiger partial charge on any atom is -0.396 e. The molecule has 0 amide bonds. The molecule has 13 heteroatoms. The largest absolute Gasteiger partial charge is 0.396 e. The Kier molecular flexibility index (Phi) is 12.0.